The van der Waals surface area contributed by atoms with Crippen molar-refractivity contribution < 1.29 is 19.5 Å². The minimum absolute atomic E-state index is 0.0981. The Balaban J connectivity index is 4.19. The molecule has 0 rings (SSSR count). The average Bonchev–Trinajstić information content (AvgIpc) is 2.12. The zero-order valence-electron chi connectivity index (χ0n) is 8.24. The van der Waals surface area contributed by atoms with Gasteiger partial charge < -0.3 is 15.3 Å². The molecule has 0 spiro atoms. The van der Waals surface area contributed by atoms with Crippen LogP contribution in [0.1, 0.15) is 13.3 Å². The van der Waals surface area contributed by atoms with Gasteiger partial charge in [0.05, 0.1) is 6.54 Å². The number of amides is 2. The molecular weight excluding hydrogens is 188 g/mol. The van der Waals surface area contributed by atoms with Gasteiger partial charge in [-0.3, -0.25) is 14.4 Å². The SMILES string of the molecule is CCN(CC(=O)NC)C(=O)CC(=O)O. The third-order valence-electron chi connectivity index (χ3n) is 1.65. The maximum Gasteiger partial charge on any atom is 0.312 e. The standard InChI is InChI=1S/C8H14N2O4/c1-3-10(5-6(11)9-2)7(12)4-8(13)14/h3-5H2,1-2H3,(H,9,11)(H,13,14). The van der Waals surface area contributed by atoms with Gasteiger partial charge in [-0.25, -0.2) is 0 Å². The van der Waals surface area contributed by atoms with E-state index in [0.29, 0.717) is 6.54 Å². The molecule has 0 atom stereocenters. The molecule has 2 amide bonds. The minimum Gasteiger partial charge on any atom is -0.481 e. The van der Waals surface area contributed by atoms with Crippen LogP contribution in [0.2, 0.25) is 0 Å². The van der Waals surface area contributed by atoms with Crippen LogP contribution in [-0.2, 0) is 14.4 Å². The molecule has 0 unspecified atom stereocenters. The molecule has 0 fully saturated rings. The fraction of sp³-hybridized carbons (Fsp3) is 0.625. The Morgan fingerprint density at radius 2 is 1.93 bits per heavy atom. The van der Waals surface area contributed by atoms with Gasteiger partial charge in [0.25, 0.3) is 0 Å². The number of rotatable bonds is 5. The van der Waals surface area contributed by atoms with E-state index < -0.39 is 18.3 Å². The van der Waals surface area contributed by atoms with Crippen molar-refractivity contribution in [3.8, 4) is 0 Å². The number of aliphatic carboxylic acids is 1. The van der Waals surface area contributed by atoms with E-state index in [1.807, 2.05) is 0 Å². The van der Waals surface area contributed by atoms with E-state index in [9.17, 15) is 14.4 Å². The number of nitrogens with one attached hydrogen (secondary N) is 1. The highest BCUT2D eigenvalue weighted by Crippen LogP contribution is 1.94. The van der Waals surface area contributed by atoms with Gasteiger partial charge in [0, 0.05) is 13.6 Å². The second kappa shape index (κ2) is 5.95. The van der Waals surface area contributed by atoms with Gasteiger partial charge in [0.1, 0.15) is 6.42 Å². The van der Waals surface area contributed by atoms with E-state index in [1.165, 1.54) is 11.9 Å². The first-order chi connectivity index (χ1) is 6.51. The molecule has 6 heteroatoms. The summed E-state index contributed by atoms with van der Waals surface area (Å²) >= 11 is 0. The third kappa shape index (κ3) is 4.44. The van der Waals surface area contributed by atoms with Gasteiger partial charge in [0.15, 0.2) is 0 Å². The molecule has 0 bridgehead atoms. The molecule has 80 valence electrons. The van der Waals surface area contributed by atoms with Crippen molar-refractivity contribution in [2.75, 3.05) is 20.1 Å². The molecule has 6 nitrogen and oxygen atoms in total. The van der Waals surface area contributed by atoms with Crippen molar-refractivity contribution in [3.05, 3.63) is 0 Å². The number of likely N-dealkylation sites (N-methyl/N-ethyl adjacent to an activating group) is 2. The Morgan fingerprint density at radius 1 is 1.36 bits per heavy atom. The molecule has 0 aromatic heterocycles. The molecule has 0 saturated carbocycles. The van der Waals surface area contributed by atoms with E-state index in [2.05, 4.69) is 5.32 Å². The summed E-state index contributed by atoms with van der Waals surface area (Å²) in [5, 5.41) is 10.7. The van der Waals surface area contributed by atoms with E-state index in [0.717, 1.165) is 0 Å². The highest BCUT2D eigenvalue weighted by atomic mass is 16.4. The quantitative estimate of drug-likeness (QED) is 0.563. The summed E-state index contributed by atoms with van der Waals surface area (Å²) in [6.45, 7) is 1.90. The van der Waals surface area contributed by atoms with Crippen molar-refractivity contribution in [3.63, 3.8) is 0 Å². The van der Waals surface area contributed by atoms with Gasteiger partial charge >= 0.3 is 5.97 Å². The van der Waals surface area contributed by atoms with Crippen molar-refractivity contribution in [1.29, 1.82) is 0 Å². The molecule has 0 aromatic carbocycles. The molecule has 0 radical (unpaired) electrons. The smallest absolute Gasteiger partial charge is 0.312 e. The summed E-state index contributed by atoms with van der Waals surface area (Å²) in [5.74, 6) is -2.06. The zero-order valence-corrected chi connectivity index (χ0v) is 8.24. The highest BCUT2D eigenvalue weighted by molar-refractivity contribution is 5.95. The Labute approximate surface area is 81.9 Å². The normalized spacial score (nSPS) is 9.29. The topological polar surface area (TPSA) is 86.7 Å². The first-order valence-corrected chi connectivity index (χ1v) is 4.21. The lowest BCUT2D eigenvalue weighted by Crippen LogP contribution is -2.40. The maximum absolute atomic E-state index is 11.2. The Bertz CT molecular complexity index is 239. The fourth-order valence-corrected chi connectivity index (χ4v) is 0.870. The van der Waals surface area contributed by atoms with Crippen molar-refractivity contribution in [2.45, 2.75) is 13.3 Å². The number of carbonyl (C=O) groups excluding carboxylic acids is 2. The minimum atomic E-state index is -1.19. The molecule has 14 heavy (non-hydrogen) atoms. The Morgan fingerprint density at radius 3 is 2.29 bits per heavy atom. The summed E-state index contributed by atoms with van der Waals surface area (Å²) in [4.78, 5) is 33.5. The number of carboxylic acid groups (broad SMARTS) is 1. The number of carboxylic acids is 1. The van der Waals surface area contributed by atoms with Crippen LogP contribution < -0.4 is 5.32 Å². The van der Waals surface area contributed by atoms with Crippen molar-refractivity contribution >= 4 is 17.8 Å². The molecule has 0 aliphatic heterocycles. The lowest BCUT2D eigenvalue weighted by molar-refractivity contribution is -0.145. The van der Waals surface area contributed by atoms with Gasteiger partial charge in [0.2, 0.25) is 11.8 Å². The van der Waals surface area contributed by atoms with Crippen molar-refractivity contribution in [1.82, 2.24) is 10.2 Å². The van der Waals surface area contributed by atoms with E-state index in [1.54, 1.807) is 6.92 Å². The summed E-state index contributed by atoms with van der Waals surface area (Å²) in [5.41, 5.74) is 0. The second-order valence-electron chi connectivity index (χ2n) is 2.65. The van der Waals surface area contributed by atoms with Crippen LogP contribution in [0, 0.1) is 0 Å². The maximum atomic E-state index is 11.2. The number of carbonyl (C=O) groups is 3. The Kier molecular flexibility index (Phi) is 5.28. The number of hydrogen-bond acceptors (Lipinski definition) is 3. The summed E-state index contributed by atoms with van der Waals surface area (Å²) in [6.07, 6.45) is -0.579. The average molecular weight is 202 g/mol. The van der Waals surface area contributed by atoms with Crippen LogP contribution in [0.5, 0.6) is 0 Å². The zero-order chi connectivity index (χ0) is 11.1. The number of nitrogens with zero attached hydrogens (tertiary/aromatic N) is 1. The van der Waals surface area contributed by atoms with Crippen LogP contribution in [-0.4, -0.2) is 47.9 Å². The van der Waals surface area contributed by atoms with Crippen molar-refractivity contribution in [2.24, 2.45) is 0 Å². The van der Waals surface area contributed by atoms with Crippen LogP contribution in [0.25, 0.3) is 0 Å². The van der Waals surface area contributed by atoms with Gasteiger partial charge in [-0.05, 0) is 6.92 Å². The lowest BCUT2D eigenvalue weighted by atomic mass is 10.3. The summed E-state index contributed by atoms with van der Waals surface area (Å²) < 4.78 is 0. The molecule has 2 N–H and O–H groups in total. The van der Waals surface area contributed by atoms with Crippen LogP contribution >= 0.6 is 0 Å². The van der Waals surface area contributed by atoms with E-state index >= 15 is 0 Å². The molecular formula is C8H14N2O4. The highest BCUT2D eigenvalue weighted by Gasteiger charge is 2.17. The molecule has 0 aromatic rings. The monoisotopic (exact) mass is 202 g/mol. The van der Waals surface area contributed by atoms with E-state index in [-0.39, 0.29) is 12.5 Å². The van der Waals surface area contributed by atoms with Gasteiger partial charge in [-0.15, -0.1) is 0 Å². The van der Waals surface area contributed by atoms with Crippen LogP contribution in [0.4, 0.5) is 0 Å². The van der Waals surface area contributed by atoms with Crippen LogP contribution in [0.15, 0.2) is 0 Å². The largest absolute Gasteiger partial charge is 0.481 e. The predicted octanol–water partition coefficient (Wildman–Crippen LogP) is -0.944. The fourth-order valence-electron chi connectivity index (χ4n) is 0.870. The van der Waals surface area contributed by atoms with Gasteiger partial charge in [-0.2, -0.15) is 0 Å². The predicted molar refractivity (Wildman–Crippen MR) is 48.6 cm³/mol. The molecule has 0 saturated heterocycles. The Hall–Kier alpha value is -1.59. The van der Waals surface area contributed by atoms with Crippen LogP contribution in [0.3, 0.4) is 0 Å². The van der Waals surface area contributed by atoms with Gasteiger partial charge in [-0.1, -0.05) is 0 Å². The lowest BCUT2D eigenvalue weighted by Gasteiger charge is -2.18. The first kappa shape index (κ1) is 12.4. The summed E-state index contributed by atoms with van der Waals surface area (Å²) in [6, 6.07) is 0. The second-order valence-corrected chi connectivity index (χ2v) is 2.65. The first-order valence-electron chi connectivity index (χ1n) is 4.21. The third-order valence-corrected chi connectivity index (χ3v) is 1.65. The molecule has 0 heterocycles. The van der Waals surface area contributed by atoms with E-state index in [4.69, 9.17) is 5.11 Å². The number of hydrogen-bond donors (Lipinski definition) is 2. The molecule has 0 aliphatic carbocycles. The molecule has 0 aliphatic rings. The summed E-state index contributed by atoms with van der Waals surface area (Å²) in [7, 11) is 1.46.